The van der Waals surface area contributed by atoms with E-state index in [2.05, 4.69) is 10.3 Å². The predicted octanol–water partition coefficient (Wildman–Crippen LogP) is 3.89. The van der Waals surface area contributed by atoms with Gasteiger partial charge in [-0.1, -0.05) is 30.1 Å². The van der Waals surface area contributed by atoms with Crippen LogP contribution in [0.15, 0.2) is 36.5 Å². The summed E-state index contributed by atoms with van der Waals surface area (Å²) in [5.74, 6) is -0.486. The summed E-state index contributed by atoms with van der Waals surface area (Å²) in [5, 5.41) is 3.49. The number of halogens is 2. The maximum atomic E-state index is 12.8. The van der Waals surface area contributed by atoms with E-state index in [1.165, 1.54) is 18.2 Å². The van der Waals surface area contributed by atoms with Gasteiger partial charge in [0.1, 0.15) is 12.1 Å². The van der Waals surface area contributed by atoms with E-state index in [9.17, 15) is 9.59 Å². The minimum atomic E-state index is -0.376. The van der Waals surface area contributed by atoms with Crippen LogP contribution in [0, 0.1) is 0 Å². The topological polar surface area (TPSA) is 71.5 Å². The van der Waals surface area contributed by atoms with Crippen LogP contribution in [0.25, 0.3) is 0 Å². The third-order valence-electron chi connectivity index (χ3n) is 3.51. The molecule has 8 heteroatoms. The van der Waals surface area contributed by atoms with Crippen LogP contribution in [0.3, 0.4) is 0 Å². The Kier molecular flexibility index (Phi) is 7.24. The molecule has 0 saturated heterocycles. The quantitative estimate of drug-likeness (QED) is 0.771. The number of carbonyl (C=O) groups excluding carboxylic acids is 2. The Bertz CT molecular complexity index is 799. The molecule has 0 bridgehead atoms. The van der Waals surface area contributed by atoms with Gasteiger partial charge in [-0.2, -0.15) is 0 Å². The first-order valence-electron chi connectivity index (χ1n) is 7.99. The van der Waals surface area contributed by atoms with Crippen LogP contribution in [0.1, 0.15) is 23.7 Å². The summed E-state index contributed by atoms with van der Waals surface area (Å²) in [6.07, 6.45) is 2.23. The number of aromatic nitrogens is 1. The van der Waals surface area contributed by atoms with Crippen LogP contribution < -0.4 is 10.1 Å². The first-order chi connectivity index (χ1) is 12.5. The SMILES string of the molecule is CCCN(CC(=O)Nc1cc(Cl)ccc1Cl)C(=O)c1cccnc1OC. The first kappa shape index (κ1) is 20.0. The third-order valence-corrected chi connectivity index (χ3v) is 4.08. The molecule has 26 heavy (non-hydrogen) atoms. The summed E-state index contributed by atoms with van der Waals surface area (Å²) in [6.45, 7) is 2.20. The van der Waals surface area contributed by atoms with Crippen molar-refractivity contribution in [3.63, 3.8) is 0 Å². The van der Waals surface area contributed by atoms with Gasteiger partial charge < -0.3 is 15.0 Å². The van der Waals surface area contributed by atoms with Crippen LogP contribution >= 0.6 is 23.2 Å². The standard InChI is InChI=1S/C18H19Cl2N3O3/c1-3-9-23(18(25)13-5-4-8-21-17(13)26-2)11-16(24)22-15-10-12(19)6-7-14(15)20/h4-8,10H,3,9,11H2,1-2H3,(H,22,24). The number of anilines is 1. The van der Waals surface area contributed by atoms with Gasteiger partial charge in [0.2, 0.25) is 11.8 Å². The highest BCUT2D eigenvalue weighted by atomic mass is 35.5. The molecule has 0 fully saturated rings. The minimum Gasteiger partial charge on any atom is -0.480 e. The second-order valence-electron chi connectivity index (χ2n) is 5.46. The molecule has 138 valence electrons. The van der Waals surface area contributed by atoms with Crippen molar-refractivity contribution >= 4 is 40.7 Å². The lowest BCUT2D eigenvalue weighted by Gasteiger charge is -2.22. The Morgan fingerprint density at radius 3 is 2.73 bits per heavy atom. The number of carbonyl (C=O) groups is 2. The molecule has 1 aromatic carbocycles. The van der Waals surface area contributed by atoms with Gasteiger partial charge in [0.05, 0.1) is 17.8 Å². The van der Waals surface area contributed by atoms with Gasteiger partial charge in [0, 0.05) is 17.8 Å². The molecule has 0 aliphatic rings. The summed E-state index contributed by atoms with van der Waals surface area (Å²) >= 11 is 12.0. The second kappa shape index (κ2) is 9.40. The van der Waals surface area contributed by atoms with Gasteiger partial charge in [-0.15, -0.1) is 0 Å². The summed E-state index contributed by atoms with van der Waals surface area (Å²) in [6, 6.07) is 8.03. The third kappa shape index (κ3) is 5.09. The number of nitrogens with one attached hydrogen (secondary N) is 1. The lowest BCUT2D eigenvalue weighted by Crippen LogP contribution is -2.38. The average molecular weight is 396 g/mol. The molecule has 2 aromatic rings. The number of rotatable bonds is 7. The maximum absolute atomic E-state index is 12.8. The highest BCUT2D eigenvalue weighted by molar-refractivity contribution is 6.35. The van der Waals surface area contributed by atoms with Crippen molar-refractivity contribution < 1.29 is 14.3 Å². The summed E-state index contributed by atoms with van der Waals surface area (Å²) in [5.41, 5.74) is 0.698. The Morgan fingerprint density at radius 2 is 2.04 bits per heavy atom. The lowest BCUT2D eigenvalue weighted by molar-refractivity contribution is -0.116. The van der Waals surface area contributed by atoms with Crippen molar-refractivity contribution in [2.24, 2.45) is 0 Å². The average Bonchev–Trinajstić information content (AvgIpc) is 2.63. The molecule has 0 aliphatic carbocycles. The van der Waals surface area contributed by atoms with E-state index >= 15 is 0 Å². The fourth-order valence-electron chi connectivity index (χ4n) is 2.37. The lowest BCUT2D eigenvalue weighted by atomic mass is 10.2. The first-order valence-corrected chi connectivity index (χ1v) is 8.75. The normalized spacial score (nSPS) is 10.3. The molecule has 1 aromatic heterocycles. The number of hydrogen-bond donors (Lipinski definition) is 1. The number of amides is 2. The molecule has 0 aliphatic heterocycles. The van der Waals surface area contributed by atoms with Crippen molar-refractivity contribution in [2.45, 2.75) is 13.3 Å². The van der Waals surface area contributed by atoms with Crippen molar-refractivity contribution in [1.82, 2.24) is 9.88 Å². The zero-order valence-electron chi connectivity index (χ0n) is 14.5. The van der Waals surface area contributed by atoms with Gasteiger partial charge in [-0.05, 0) is 36.8 Å². The number of ether oxygens (including phenoxy) is 1. The number of nitrogens with zero attached hydrogens (tertiary/aromatic N) is 2. The molecular formula is C18H19Cl2N3O3. The van der Waals surface area contributed by atoms with Crippen molar-refractivity contribution in [3.05, 3.63) is 52.1 Å². The van der Waals surface area contributed by atoms with E-state index in [1.54, 1.807) is 30.3 Å². The van der Waals surface area contributed by atoms with Crippen LogP contribution in [0.4, 0.5) is 5.69 Å². The van der Waals surface area contributed by atoms with Crippen molar-refractivity contribution in [2.75, 3.05) is 25.5 Å². The van der Waals surface area contributed by atoms with E-state index in [0.717, 1.165) is 0 Å². The Hall–Kier alpha value is -2.31. The Labute approximate surface area is 162 Å². The van der Waals surface area contributed by atoms with Crippen molar-refractivity contribution in [1.29, 1.82) is 0 Å². The van der Waals surface area contributed by atoms with Gasteiger partial charge in [-0.3, -0.25) is 9.59 Å². The fraction of sp³-hybridized carbons (Fsp3) is 0.278. The van der Waals surface area contributed by atoms with Crippen LogP contribution in [-0.4, -0.2) is 41.9 Å². The second-order valence-corrected chi connectivity index (χ2v) is 6.30. The largest absolute Gasteiger partial charge is 0.480 e. The molecular weight excluding hydrogens is 377 g/mol. The van der Waals surface area contributed by atoms with E-state index in [-0.39, 0.29) is 24.2 Å². The van der Waals surface area contributed by atoms with Crippen LogP contribution in [0.5, 0.6) is 5.88 Å². The van der Waals surface area contributed by atoms with E-state index in [1.807, 2.05) is 6.92 Å². The predicted molar refractivity (Wildman–Crippen MR) is 102 cm³/mol. The molecule has 1 N–H and O–H groups in total. The van der Waals surface area contributed by atoms with E-state index < -0.39 is 0 Å². The Morgan fingerprint density at radius 1 is 1.27 bits per heavy atom. The van der Waals surface area contributed by atoms with Gasteiger partial charge >= 0.3 is 0 Å². The van der Waals surface area contributed by atoms with Crippen LogP contribution in [0.2, 0.25) is 10.0 Å². The molecule has 1 heterocycles. The van der Waals surface area contributed by atoms with Gasteiger partial charge in [0.25, 0.3) is 5.91 Å². The molecule has 0 saturated carbocycles. The zero-order chi connectivity index (χ0) is 19.1. The molecule has 0 spiro atoms. The number of hydrogen-bond acceptors (Lipinski definition) is 4. The molecule has 0 atom stereocenters. The van der Waals surface area contributed by atoms with Gasteiger partial charge in [-0.25, -0.2) is 4.98 Å². The minimum absolute atomic E-state index is 0.131. The van der Waals surface area contributed by atoms with E-state index in [4.69, 9.17) is 27.9 Å². The number of pyridine rings is 1. The smallest absolute Gasteiger partial charge is 0.259 e. The van der Waals surface area contributed by atoms with Crippen LogP contribution in [-0.2, 0) is 4.79 Å². The molecule has 0 radical (unpaired) electrons. The number of benzene rings is 1. The zero-order valence-corrected chi connectivity index (χ0v) is 16.0. The van der Waals surface area contributed by atoms with E-state index in [0.29, 0.717) is 34.3 Å². The molecule has 2 amide bonds. The summed E-state index contributed by atoms with van der Waals surface area (Å²) < 4.78 is 5.13. The number of methoxy groups -OCH3 is 1. The summed E-state index contributed by atoms with van der Waals surface area (Å²) in [4.78, 5) is 30.7. The van der Waals surface area contributed by atoms with Crippen molar-refractivity contribution in [3.8, 4) is 5.88 Å². The van der Waals surface area contributed by atoms with Gasteiger partial charge in [0.15, 0.2) is 0 Å². The molecule has 2 rings (SSSR count). The molecule has 0 unspecified atom stereocenters. The fourth-order valence-corrected chi connectivity index (χ4v) is 2.70. The highest BCUT2D eigenvalue weighted by Crippen LogP contribution is 2.25. The summed E-state index contributed by atoms with van der Waals surface area (Å²) in [7, 11) is 1.44. The Balaban J connectivity index is 2.15. The highest BCUT2D eigenvalue weighted by Gasteiger charge is 2.22. The molecule has 6 nitrogen and oxygen atoms in total. The monoisotopic (exact) mass is 395 g/mol. The maximum Gasteiger partial charge on any atom is 0.259 e.